The van der Waals surface area contributed by atoms with Crippen LogP contribution in [0.2, 0.25) is 0 Å². The molecule has 0 fully saturated rings. The maximum absolute atomic E-state index is 13.0. The summed E-state index contributed by atoms with van der Waals surface area (Å²) in [5, 5.41) is 0. The topological polar surface area (TPSA) is 32.8 Å². The van der Waals surface area contributed by atoms with E-state index in [-0.39, 0.29) is 18.1 Å². The summed E-state index contributed by atoms with van der Waals surface area (Å²) < 4.78 is 5.84. The van der Waals surface area contributed by atoms with E-state index in [9.17, 15) is 4.79 Å². The Morgan fingerprint density at radius 2 is 1.88 bits per heavy atom. The van der Waals surface area contributed by atoms with Crippen molar-refractivity contribution in [1.29, 1.82) is 0 Å². The van der Waals surface area contributed by atoms with Crippen molar-refractivity contribution >= 4 is 5.97 Å². The van der Waals surface area contributed by atoms with E-state index in [0.29, 0.717) is 0 Å². The van der Waals surface area contributed by atoms with E-state index >= 15 is 0 Å². The van der Waals surface area contributed by atoms with E-state index in [1.165, 1.54) is 5.57 Å². The SMILES string of the molecule is C[C@H](OC(=O)C(c1ccccc1)N(C)CCN(C)C)C1=CC=CCC1. The first-order valence-corrected chi connectivity index (χ1v) is 8.95. The van der Waals surface area contributed by atoms with Gasteiger partial charge in [-0.05, 0) is 52.0 Å². The maximum Gasteiger partial charge on any atom is 0.328 e. The van der Waals surface area contributed by atoms with Gasteiger partial charge in [-0.3, -0.25) is 4.90 Å². The lowest BCUT2D eigenvalue weighted by Crippen LogP contribution is -2.37. The van der Waals surface area contributed by atoms with Crippen molar-refractivity contribution in [1.82, 2.24) is 9.80 Å². The molecular formula is C21H30N2O2. The van der Waals surface area contributed by atoms with Crippen LogP contribution in [-0.4, -0.2) is 56.1 Å². The zero-order valence-electron chi connectivity index (χ0n) is 15.8. The number of rotatable bonds is 8. The van der Waals surface area contributed by atoms with E-state index < -0.39 is 0 Å². The molecule has 0 heterocycles. The number of carbonyl (C=O) groups is 1. The van der Waals surface area contributed by atoms with Gasteiger partial charge in [0.1, 0.15) is 12.1 Å². The lowest BCUT2D eigenvalue weighted by molar-refractivity contribution is -0.153. The standard InChI is InChI=1S/C21H30N2O2/c1-17(18-11-7-5-8-12-18)25-21(24)20(19-13-9-6-10-14-19)23(4)16-15-22(2)3/h5-7,9-11,13-14,17,20H,8,12,15-16H2,1-4H3/t17-,20?/m0/s1. The number of nitrogens with zero attached hydrogens (tertiary/aromatic N) is 2. The van der Waals surface area contributed by atoms with Crippen LogP contribution in [0.5, 0.6) is 0 Å². The quantitative estimate of drug-likeness (QED) is 0.678. The summed E-state index contributed by atoms with van der Waals surface area (Å²) in [5.41, 5.74) is 2.15. The van der Waals surface area contributed by atoms with Crippen LogP contribution in [0.15, 0.2) is 54.1 Å². The molecular weight excluding hydrogens is 312 g/mol. The van der Waals surface area contributed by atoms with Crippen LogP contribution in [0.4, 0.5) is 0 Å². The summed E-state index contributed by atoms with van der Waals surface area (Å²) in [6.45, 7) is 3.64. The normalized spacial score (nSPS) is 16.6. The zero-order chi connectivity index (χ0) is 18.2. The molecule has 2 rings (SSSR count). The Kier molecular flexibility index (Phi) is 7.41. The first-order chi connectivity index (χ1) is 12.0. The van der Waals surface area contributed by atoms with E-state index in [1.54, 1.807) is 0 Å². The highest BCUT2D eigenvalue weighted by Gasteiger charge is 2.28. The number of benzene rings is 1. The molecule has 0 bridgehead atoms. The summed E-state index contributed by atoms with van der Waals surface area (Å²) in [6.07, 6.45) is 8.02. The molecule has 1 unspecified atom stereocenters. The number of ether oxygens (including phenoxy) is 1. The average Bonchev–Trinajstić information content (AvgIpc) is 2.61. The van der Waals surface area contributed by atoms with Gasteiger partial charge in [0.15, 0.2) is 0 Å². The van der Waals surface area contributed by atoms with Gasteiger partial charge >= 0.3 is 5.97 Å². The average molecular weight is 342 g/mol. The minimum absolute atomic E-state index is 0.185. The number of hydrogen-bond donors (Lipinski definition) is 0. The van der Waals surface area contributed by atoms with Crippen molar-refractivity contribution in [2.45, 2.75) is 31.9 Å². The third kappa shape index (κ3) is 5.83. The lowest BCUT2D eigenvalue weighted by Gasteiger charge is -2.29. The Balaban J connectivity index is 2.12. The van der Waals surface area contributed by atoms with Gasteiger partial charge in [-0.2, -0.15) is 0 Å². The minimum Gasteiger partial charge on any atom is -0.457 e. The molecule has 0 saturated carbocycles. The van der Waals surface area contributed by atoms with Crippen LogP contribution in [0.25, 0.3) is 0 Å². The Bertz CT molecular complexity index is 608. The number of likely N-dealkylation sites (N-methyl/N-ethyl adjacent to an activating group) is 2. The van der Waals surface area contributed by atoms with E-state index in [2.05, 4.69) is 22.0 Å². The van der Waals surface area contributed by atoms with E-state index in [0.717, 1.165) is 31.5 Å². The molecule has 25 heavy (non-hydrogen) atoms. The van der Waals surface area contributed by atoms with Gasteiger partial charge in [0, 0.05) is 13.1 Å². The molecule has 0 N–H and O–H groups in total. The van der Waals surface area contributed by atoms with Gasteiger partial charge < -0.3 is 9.64 Å². The molecule has 4 nitrogen and oxygen atoms in total. The summed E-state index contributed by atoms with van der Waals surface area (Å²) in [6, 6.07) is 9.49. The van der Waals surface area contributed by atoms with Crippen LogP contribution in [0, 0.1) is 0 Å². The maximum atomic E-state index is 13.0. The highest BCUT2D eigenvalue weighted by atomic mass is 16.5. The van der Waals surface area contributed by atoms with Crippen molar-refractivity contribution in [2.75, 3.05) is 34.2 Å². The third-order valence-electron chi connectivity index (χ3n) is 4.54. The second-order valence-corrected chi connectivity index (χ2v) is 6.88. The Morgan fingerprint density at radius 3 is 2.48 bits per heavy atom. The molecule has 1 aliphatic carbocycles. The summed E-state index contributed by atoms with van der Waals surface area (Å²) in [4.78, 5) is 17.1. The number of carbonyl (C=O) groups excluding carboxylic acids is 1. The third-order valence-corrected chi connectivity index (χ3v) is 4.54. The van der Waals surface area contributed by atoms with Crippen LogP contribution < -0.4 is 0 Å². The molecule has 0 aliphatic heterocycles. The first-order valence-electron chi connectivity index (χ1n) is 8.95. The summed E-state index contributed by atoms with van der Waals surface area (Å²) >= 11 is 0. The van der Waals surface area contributed by atoms with Crippen LogP contribution >= 0.6 is 0 Å². The van der Waals surface area contributed by atoms with Gasteiger partial charge in [-0.25, -0.2) is 4.79 Å². The van der Waals surface area contributed by atoms with Crippen molar-refractivity contribution in [3.8, 4) is 0 Å². The predicted octanol–water partition coefficient (Wildman–Crippen LogP) is 3.43. The summed E-state index contributed by atoms with van der Waals surface area (Å²) in [5.74, 6) is -0.185. The smallest absolute Gasteiger partial charge is 0.328 e. The van der Waals surface area contributed by atoms with Crippen molar-refractivity contribution in [3.63, 3.8) is 0 Å². The van der Waals surface area contributed by atoms with Gasteiger partial charge in [-0.1, -0.05) is 48.6 Å². The van der Waals surface area contributed by atoms with Crippen molar-refractivity contribution in [2.24, 2.45) is 0 Å². The van der Waals surface area contributed by atoms with Crippen LogP contribution in [0.1, 0.15) is 31.4 Å². The van der Waals surface area contributed by atoms with Gasteiger partial charge in [0.2, 0.25) is 0 Å². The molecule has 0 radical (unpaired) electrons. The second-order valence-electron chi connectivity index (χ2n) is 6.88. The fraction of sp³-hybridized carbons (Fsp3) is 0.476. The molecule has 136 valence electrons. The molecule has 0 aromatic heterocycles. The lowest BCUT2D eigenvalue weighted by atomic mass is 10.0. The van der Waals surface area contributed by atoms with Gasteiger partial charge in [-0.15, -0.1) is 0 Å². The van der Waals surface area contributed by atoms with Crippen LogP contribution in [-0.2, 0) is 9.53 Å². The fourth-order valence-electron chi connectivity index (χ4n) is 2.97. The van der Waals surface area contributed by atoms with Gasteiger partial charge in [0.05, 0.1) is 0 Å². The molecule has 4 heteroatoms. The summed E-state index contributed by atoms with van der Waals surface area (Å²) in [7, 11) is 6.05. The molecule has 0 spiro atoms. The predicted molar refractivity (Wildman–Crippen MR) is 102 cm³/mol. The van der Waals surface area contributed by atoms with Gasteiger partial charge in [0.25, 0.3) is 0 Å². The molecule has 1 aliphatic rings. The largest absolute Gasteiger partial charge is 0.457 e. The zero-order valence-corrected chi connectivity index (χ0v) is 15.8. The highest BCUT2D eigenvalue weighted by Crippen LogP contribution is 2.24. The Morgan fingerprint density at radius 1 is 1.16 bits per heavy atom. The number of esters is 1. The number of hydrogen-bond acceptors (Lipinski definition) is 4. The van der Waals surface area contributed by atoms with E-state index in [4.69, 9.17) is 4.74 Å². The minimum atomic E-state index is -0.386. The van der Waals surface area contributed by atoms with Crippen LogP contribution in [0.3, 0.4) is 0 Å². The molecule has 2 atom stereocenters. The molecule has 0 saturated heterocycles. The molecule has 0 amide bonds. The van der Waals surface area contributed by atoms with E-state index in [1.807, 2.05) is 64.5 Å². The first kappa shape index (κ1) is 19.4. The van der Waals surface area contributed by atoms with Crippen molar-refractivity contribution < 1.29 is 9.53 Å². The van der Waals surface area contributed by atoms with Crippen molar-refractivity contribution in [3.05, 3.63) is 59.7 Å². The fourth-order valence-corrected chi connectivity index (χ4v) is 2.97. The second kappa shape index (κ2) is 9.54. The molecule has 1 aromatic rings. The monoisotopic (exact) mass is 342 g/mol. The Hall–Kier alpha value is -1.91. The Labute approximate surface area is 151 Å². The number of allylic oxidation sites excluding steroid dienone is 3. The highest BCUT2D eigenvalue weighted by molar-refractivity contribution is 5.78. The molecule has 1 aromatic carbocycles.